The van der Waals surface area contributed by atoms with Crippen LogP contribution in [0.25, 0.3) is 0 Å². The van der Waals surface area contributed by atoms with E-state index in [-0.39, 0.29) is 11.4 Å². The lowest BCUT2D eigenvalue weighted by molar-refractivity contribution is 0.102. The molecule has 0 aliphatic heterocycles. The maximum Gasteiger partial charge on any atom is 0.261 e. The lowest BCUT2D eigenvalue weighted by Gasteiger charge is -2.03. The van der Waals surface area contributed by atoms with Gasteiger partial charge in [0.15, 0.2) is 0 Å². The second-order valence-corrected chi connectivity index (χ2v) is 4.36. The molecule has 3 N–H and O–H groups in total. The van der Waals surface area contributed by atoms with E-state index in [1.807, 2.05) is 0 Å². The maximum absolute atomic E-state index is 11.7. The molecule has 0 aromatic carbocycles. The van der Waals surface area contributed by atoms with E-state index in [1.54, 1.807) is 6.07 Å². The van der Waals surface area contributed by atoms with E-state index in [0.717, 1.165) is 11.5 Å². The Morgan fingerprint density at radius 2 is 2.38 bits per heavy atom. The smallest absolute Gasteiger partial charge is 0.261 e. The summed E-state index contributed by atoms with van der Waals surface area (Å²) in [5.74, 6) is -0.247. The average molecular weight is 301 g/mol. The standard InChI is InChI=1S/C7H5BrN6OS/c8-3-1-4(5(9)10-2-3)6(15)11-7-12-13-14-16-7/h1-2H,(H2,9,10)(H,11,12,14,15). The number of nitrogens with zero attached hydrogens (tertiary/aromatic N) is 4. The van der Waals surface area contributed by atoms with E-state index < -0.39 is 5.91 Å². The maximum atomic E-state index is 11.7. The van der Waals surface area contributed by atoms with Gasteiger partial charge in [0, 0.05) is 22.2 Å². The minimum Gasteiger partial charge on any atom is -0.383 e. The van der Waals surface area contributed by atoms with Crippen molar-refractivity contribution in [2.75, 3.05) is 11.1 Å². The van der Waals surface area contributed by atoms with Crippen LogP contribution in [0, 0.1) is 0 Å². The minimum absolute atomic E-state index is 0.151. The number of pyridine rings is 1. The summed E-state index contributed by atoms with van der Waals surface area (Å²) in [4.78, 5) is 15.6. The summed E-state index contributed by atoms with van der Waals surface area (Å²) in [6, 6.07) is 1.58. The van der Waals surface area contributed by atoms with Crippen LogP contribution in [-0.4, -0.2) is 25.7 Å². The summed E-state index contributed by atoms with van der Waals surface area (Å²) in [6.45, 7) is 0. The van der Waals surface area contributed by atoms with E-state index in [0.29, 0.717) is 9.60 Å². The van der Waals surface area contributed by atoms with Crippen molar-refractivity contribution in [2.45, 2.75) is 0 Å². The normalized spacial score (nSPS) is 10.1. The second-order valence-electron chi connectivity index (χ2n) is 2.71. The molecule has 2 aromatic heterocycles. The fourth-order valence-electron chi connectivity index (χ4n) is 0.978. The van der Waals surface area contributed by atoms with Crippen LogP contribution in [0.5, 0.6) is 0 Å². The zero-order valence-corrected chi connectivity index (χ0v) is 10.1. The van der Waals surface area contributed by atoms with Crippen LogP contribution in [0.1, 0.15) is 10.4 Å². The van der Waals surface area contributed by atoms with Crippen LogP contribution in [0.15, 0.2) is 16.7 Å². The number of nitrogens with one attached hydrogen (secondary N) is 1. The van der Waals surface area contributed by atoms with Crippen LogP contribution in [-0.2, 0) is 0 Å². The van der Waals surface area contributed by atoms with Crippen molar-refractivity contribution in [1.29, 1.82) is 0 Å². The molecule has 7 nitrogen and oxygen atoms in total. The van der Waals surface area contributed by atoms with Crippen molar-refractivity contribution in [3.05, 3.63) is 22.3 Å². The van der Waals surface area contributed by atoms with Gasteiger partial charge < -0.3 is 5.73 Å². The van der Waals surface area contributed by atoms with Gasteiger partial charge in [0.1, 0.15) is 5.82 Å². The molecule has 2 heterocycles. The van der Waals surface area contributed by atoms with Gasteiger partial charge in [-0.3, -0.25) is 10.1 Å². The zero-order chi connectivity index (χ0) is 11.5. The molecule has 9 heteroatoms. The van der Waals surface area contributed by atoms with Gasteiger partial charge >= 0.3 is 0 Å². The lowest BCUT2D eigenvalue weighted by Crippen LogP contribution is -2.14. The number of rotatable bonds is 2. The molecular formula is C7H5BrN6OS. The summed E-state index contributed by atoms with van der Waals surface area (Å²) in [5.41, 5.74) is 5.85. The molecule has 16 heavy (non-hydrogen) atoms. The van der Waals surface area contributed by atoms with E-state index >= 15 is 0 Å². The highest BCUT2D eigenvalue weighted by molar-refractivity contribution is 9.10. The number of hydrogen-bond acceptors (Lipinski definition) is 7. The number of anilines is 2. The van der Waals surface area contributed by atoms with Crippen molar-refractivity contribution >= 4 is 44.3 Å². The van der Waals surface area contributed by atoms with Gasteiger partial charge in [-0.25, -0.2) is 4.98 Å². The van der Waals surface area contributed by atoms with E-state index in [9.17, 15) is 4.79 Å². The highest BCUT2D eigenvalue weighted by atomic mass is 79.9. The predicted octanol–water partition coefficient (Wildman–Crippen LogP) is 0.925. The molecule has 0 unspecified atom stereocenters. The highest BCUT2D eigenvalue weighted by Gasteiger charge is 2.13. The van der Waals surface area contributed by atoms with Gasteiger partial charge in [0.2, 0.25) is 5.13 Å². The van der Waals surface area contributed by atoms with Crippen molar-refractivity contribution in [2.24, 2.45) is 0 Å². The number of hydrogen-bond donors (Lipinski definition) is 2. The van der Waals surface area contributed by atoms with E-state index in [1.165, 1.54) is 6.20 Å². The first kappa shape index (κ1) is 10.9. The number of amides is 1. The first-order chi connectivity index (χ1) is 7.66. The van der Waals surface area contributed by atoms with Gasteiger partial charge in [0.05, 0.1) is 5.56 Å². The Balaban J connectivity index is 2.24. The van der Waals surface area contributed by atoms with Crippen LogP contribution in [0.3, 0.4) is 0 Å². The van der Waals surface area contributed by atoms with Gasteiger partial charge in [-0.15, -0.1) is 0 Å². The molecule has 0 aliphatic rings. The van der Waals surface area contributed by atoms with Gasteiger partial charge in [-0.1, -0.05) is 9.59 Å². The molecule has 0 saturated heterocycles. The summed E-state index contributed by atoms with van der Waals surface area (Å²) in [7, 11) is 0. The first-order valence-corrected chi connectivity index (χ1v) is 5.61. The summed E-state index contributed by atoms with van der Waals surface area (Å²) in [5, 5.41) is 9.76. The van der Waals surface area contributed by atoms with E-state index in [4.69, 9.17) is 5.73 Å². The van der Waals surface area contributed by atoms with Gasteiger partial charge in [-0.05, 0) is 27.2 Å². The van der Waals surface area contributed by atoms with Gasteiger partial charge in [-0.2, -0.15) is 0 Å². The average Bonchev–Trinajstić information content (AvgIpc) is 2.74. The molecule has 1 amide bonds. The zero-order valence-electron chi connectivity index (χ0n) is 7.72. The molecule has 0 atom stereocenters. The number of carbonyl (C=O) groups is 1. The Bertz CT molecular complexity index is 516. The SMILES string of the molecule is Nc1ncc(Br)cc1C(=O)Nc1nnns1. The predicted molar refractivity (Wildman–Crippen MR) is 62.0 cm³/mol. The number of nitrogens with two attached hydrogens (primary N) is 1. The third kappa shape index (κ3) is 2.31. The van der Waals surface area contributed by atoms with Gasteiger partial charge in [0.25, 0.3) is 5.91 Å². The quantitative estimate of drug-likeness (QED) is 0.854. The minimum atomic E-state index is -0.398. The molecule has 2 rings (SSSR count). The van der Waals surface area contributed by atoms with Crippen molar-refractivity contribution in [3.63, 3.8) is 0 Å². The Kier molecular flexibility index (Phi) is 3.06. The monoisotopic (exact) mass is 300 g/mol. The van der Waals surface area contributed by atoms with Crippen LogP contribution < -0.4 is 11.1 Å². The lowest BCUT2D eigenvalue weighted by atomic mass is 10.2. The Morgan fingerprint density at radius 3 is 3.06 bits per heavy atom. The topological polar surface area (TPSA) is 107 Å². The third-order valence-electron chi connectivity index (χ3n) is 1.65. The molecule has 0 aliphatic carbocycles. The fourth-order valence-corrected chi connectivity index (χ4v) is 1.67. The summed E-state index contributed by atoms with van der Waals surface area (Å²) in [6.07, 6.45) is 1.51. The van der Waals surface area contributed by atoms with Crippen LogP contribution in [0.2, 0.25) is 0 Å². The Labute approximate surface area is 102 Å². The first-order valence-electron chi connectivity index (χ1n) is 4.04. The highest BCUT2D eigenvalue weighted by Crippen LogP contribution is 2.17. The molecule has 2 aromatic rings. The van der Waals surface area contributed by atoms with Crippen molar-refractivity contribution in [3.8, 4) is 0 Å². The Morgan fingerprint density at radius 1 is 1.56 bits per heavy atom. The van der Waals surface area contributed by atoms with Crippen molar-refractivity contribution < 1.29 is 4.79 Å². The largest absolute Gasteiger partial charge is 0.383 e. The van der Waals surface area contributed by atoms with E-state index in [2.05, 4.69) is 41.0 Å². The molecule has 0 radical (unpaired) electrons. The molecule has 82 valence electrons. The number of carbonyl (C=O) groups excluding carboxylic acids is 1. The molecule has 0 saturated carbocycles. The van der Waals surface area contributed by atoms with Crippen LogP contribution >= 0.6 is 27.5 Å². The molecule has 0 bridgehead atoms. The number of aromatic nitrogens is 4. The molecule has 0 fully saturated rings. The summed E-state index contributed by atoms with van der Waals surface area (Å²) >= 11 is 4.19. The fraction of sp³-hybridized carbons (Fsp3) is 0. The Hall–Kier alpha value is -1.61. The second kappa shape index (κ2) is 4.49. The molecule has 0 spiro atoms. The van der Waals surface area contributed by atoms with Crippen LogP contribution in [0.4, 0.5) is 10.9 Å². The number of halogens is 1. The number of nitrogen functional groups attached to an aromatic ring is 1. The van der Waals surface area contributed by atoms with Crippen molar-refractivity contribution in [1.82, 2.24) is 19.8 Å². The molecular weight excluding hydrogens is 296 g/mol. The third-order valence-corrected chi connectivity index (χ3v) is 2.59. The summed E-state index contributed by atoms with van der Waals surface area (Å²) < 4.78 is 4.19.